The Balaban J connectivity index is 1.55. The number of fused-ring (bicyclic) bond motifs is 1. The molecule has 31 heavy (non-hydrogen) atoms. The molecule has 0 aliphatic rings. The van der Waals surface area contributed by atoms with E-state index in [1.165, 1.54) is 0 Å². The summed E-state index contributed by atoms with van der Waals surface area (Å²) in [6.07, 6.45) is 0.639. The topological polar surface area (TPSA) is 56.1 Å². The second-order valence-electron chi connectivity index (χ2n) is 7.74. The Bertz CT molecular complexity index is 1230. The first-order chi connectivity index (χ1) is 15.1. The van der Waals surface area contributed by atoms with Crippen molar-refractivity contribution in [3.8, 4) is 5.75 Å². The highest BCUT2D eigenvalue weighted by atomic mass is 16.5. The van der Waals surface area contributed by atoms with Crippen LogP contribution in [0.4, 0.5) is 0 Å². The molecule has 4 rings (SSSR count). The van der Waals surface area contributed by atoms with Crippen molar-refractivity contribution >= 4 is 16.9 Å². The zero-order valence-corrected chi connectivity index (χ0v) is 18.2. The highest BCUT2D eigenvalue weighted by Gasteiger charge is 2.14. The van der Waals surface area contributed by atoms with E-state index in [0.29, 0.717) is 25.1 Å². The molecule has 4 aromatic rings. The van der Waals surface area contributed by atoms with Gasteiger partial charge in [0.1, 0.15) is 11.6 Å². The second kappa shape index (κ2) is 9.04. The van der Waals surface area contributed by atoms with Gasteiger partial charge in [-0.2, -0.15) is 0 Å². The molecule has 1 N–H and O–H groups in total. The summed E-state index contributed by atoms with van der Waals surface area (Å²) in [4.78, 5) is 17.5. The number of ether oxygens (including phenoxy) is 1. The maximum Gasteiger partial charge on any atom is 0.251 e. The van der Waals surface area contributed by atoms with Gasteiger partial charge in [-0.25, -0.2) is 4.98 Å². The Hall–Kier alpha value is -3.60. The van der Waals surface area contributed by atoms with Crippen LogP contribution < -0.4 is 10.1 Å². The Morgan fingerprint density at radius 1 is 1.03 bits per heavy atom. The molecule has 0 atom stereocenters. The lowest BCUT2D eigenvalue weighted by atomic mass is 10.1. The molecule has 1 aromatic heterocycles. The summed E-state index contributed by atoms with van der Waals surface area (Å²) in [6.45, 7) is 5.17. The molecule has 3 aromatic carbocycles. The summed E-state index contributed by atoms with van der Waals surface area (Å²) >= 11 is 0. The van der Waals surface area contributed by atoms with Crippen LogP contribution in [0, 0.1) is 13.8 Å². The van der Waals surface area contributed by atoms with E-state index in [1.807, 2.05) is 68.4 Å². The van der Waals surface area contributed by atoms with Crippen LogP contribution >= 0.6 is 0 Å². The van der Waals surface area contributed by atoms with E-state index in [1.54, 1.807) is 7.11 Å². The van der Waals surface area contributed by atoms with E-state index in [2.05, 4.69) is 22.0 Å². The van der Waals surface area contributed by atoms with Gasteiger partial charge in [-0.05, 0) is 43.7 Å². The number of carbonyl (C=O) groups is 1. The zero-order valence-electron chi connectivity index (χ0n) is 18.2. The molecule has 1 amide bonds. The Morgan fingerprint density at radius 3 is 2.61 bits per heavy atom. The molecule has 0 saturated heterocycles. The quantitative estimate of drug-likeness (QED) is 0.479. The van der Waals surface area contributed by atoms with Gasteiger partial charge in [0.15, 0.2) is 0 Å². The molecule has 5 heteroatoms. The van der Waals surface area contributed by atoms with E-state index in [0.717, 1.165) is 39.3 Å². The zero-order chi connectivity index (χ0) is 21.8. The van der Waals surface area contributed by atoms with Gasteiger partial charge in [0.05, 0.1) is 24.7 Å². The summed E-state index contributed by atoms with van der Waals surface area (Å²) in [6, 6.07) is 22.0. The van der Waals surface area contributed by atoms with Crippen LogP contribution in [0.2, 0.25) is 0 Å². The standard InChI is InChI=1S/C26H27N3O2/c1-18-12-13-21(19(2)16-18)26(30)27-15-14-25-28-22-9-5-6-10-23(22)29(25)17-20-8-4-7-11-24(20)31-3/h4-13,16H,14-15,17H2,1-3H3,(H,27,30). The molecule has 0 spiro atoms. The first-order valence-electron chi connectivity index (χ1n) is 10.5. The number of carbonyl (C=O) groups excluding carboxylic acids is 1. The molecule has 0 aliphatic heterocycles. The van der Waals surface area contributed by atoms with Crippen LogP contribution in [0.5, 0.6) is 5.75 Å². The largest absolute Gasteiger partial charge is 0.496 e. The minimum absolute atomic E-state index is 0.0510. The number of nitrogens with one attached hydrogen (secondary N) is 1. The average molecular weight is 414 g/mol. The van der Waals surface area contributed by atoms with E-state index < -0.39 is 0 Å². The van der Waals surface area contributed by atoms with Crippen molar-refractivity contribution in [2.24, 2.45) is 0 Å². The van der Waals surface area contributed by atoms with Gasteiger partial charge in [-0.1, -0.05) is 48.0 Å². The lowest BCUT2D eigenvalue weighted by Gasteiger charge is -2.13. The van der Waals surface area contributed by atoms with Crippen molar-refractivity contribution in [1.29, 1.82) is 0 Å². The van der Waals surface area contributed by atoms with E-state index in [9.17, 15) is 4.79 Å². The molecule has 0 bridgehead atoms. The van der Waals surface area contributed by atoms with Gasteiger partial charge < -0.3 is 14.6 Å². The molecule has 0 unspecified atom stereocenters. The second-order valence-corrected chi connectivity index (χ2v) is 7.74. The predicted octanol–water partition coefficient (Wildman–Crippen LogP) is 4.68. The first-order valence-corrected chi connectivity index (χ1v) is 10.5. The van der Waals surface area contributed by atoms with Gasteiger partial charge >= 0.3 is 0 Å². The van der Waals surface area contributed by atoms with Gasteiger partial charge in [-0.3, -0.25) is 4.79 Å². The summed E-state index contributed by atoms with van der Waals surface area (Å²) in [7, 11) is 1.69. The molecule has 0 radical (unpaired) electrons. The number of aryl methyl sites for hydroxylation is 2. The number of amides is 1. The number of nitrogens with zero attached hydrogens (tertiary/aromatic N) is 2. The van der Waals surface area contributed by atoms with Gasteiger partial charge in [-0.15, -0.1) is 0 Å². The van der Waals surface area contributed by atoms with Crippen molar-refractivity contribution < 1.29 is 9.53 Å². The SMILES string of the molecule is COc1ccccc1Cn1c(CCNC(=O)c2ccc(C)cc2C)nc2ccccc21. The number of benzene rings is 3. The highest BCUT2D eigenvalue weighted by molar-refractivity contribution is 5.95. The molecule has 0 aliphatic carbocycles. The van der Waals surface area contributed by atoms with E-state index in [-0.39, 0.29) is 5.91 Å². The first kappa shape index (κ1) is 20.7. The van der Waals surface area contributed by atoms with E-state index >= 15 is 0 Å². The number of methoxy groups -OCH3 is 1. The number of para-hydroxylation sites is 3. The molecule has 5 nitrogen and oxygen atoms in total. The maximum atomic E-state index is 12.6. The van der Waals surface area contributed by atoms with Gasteiger partial charge in [0, 0.05) is 24.1 Å². The Labute approximate surface area is 182 Å². The van der Waals surface area contributed by atoms with Crippen LogP contribution in [0.25, 0.3) is 11.0 Å². The molecule has 0 saturated carbocycles. The van der Waals surface area contributed by atoms with Crippen LogP contribution in [0.15, 0.2) is 66.7 Å². The van der Waals surface area contributed by atoms with Crippen LogP contribution in [0.3, 0.4) is 0 Å². The normalized spacial score (nSPS) is 10.9. The fourth-order valence-electron chi connectivity index (χ4n) is 3.95. The van der Waals surface area contributed by atoms with Crippen LogP contribution in [0.1, 0.15) is 32.9 Å². The lowest BCUT2D eigenvalue weighted by molar-refractivity contribution is 0.0953. The molecule has 1 heterocycles. The lowest BCUT2D eigenvalue weighted by Crippen LogP contribution is -2.27. The third-order valence-electron chi connectivity index (χ3n) is 5.52. The smallest absolute Gasteiger partial charge is 0.251 e. The summed E-state index contributed by atoms with van der Waals surface area (Å²) in [5.74, 6) is 1.74. The van der Waals surface area contributed by atoms with E-state index in [4.69, 9.17) is 9.72 Å². The highest BCUT2D eigenvalue weighted by Crippen LogP contribution is 2.23. The maximum absolute atomic E-state index is 12.6. The molecule has 158 valence electrons. The van der Waals surface area contributed by atoms with Crippen LogP contribution in [-0.2, 0) is 13.0 Å². The molecule has 0 fully saturated rings. The predicted molar refractivity (Wildman–Crippen MR) is 124 cm³/mol. The molecular formula is C26H27N3O2. The summed E-state index contributed by atoms with van der Waals surface area (Å²) in [5.41, 5.74) is 5.97. The van der Waals surface area contributed by atoms with Crippen molar-refractivity contribution in [3.05, 3.63) is 94.8 Å². The van der Waals surface area contributed by atoms with Gasteiger partial charge in [0.25, 0.3) is 5.91 Å². The number of hydrogen-bond donors (Lipinski definition) is 1. The van der Waals surface area contributed by atoms with Crippen molar-refractivity contribution in [2.45, 2.75) is 26.8 Å². The number of aromatic nitrogens is 2. The minimum Gasteiger partial charge on any atom is -0.496 e. The number of rotatable bonds is 7. The summed E-state index contributed by atoms with van der Waals surface area (Å²) in [5, 5.41) is 3.05. The third kappa shape index (κ3) is 4.45. The van der Waals surface area contributed by atoms with Gasteiger partial charge in [0.2, 0.25) is 0 Å². The van der Waals surface area contributed by atoms with Crippen molar-refractivity contribution in [3.63, 3.8) is 0 Å². The number of hydrogen-bond acceptors (Lipinski definition) is 3. The Morgan fingerprint density at radius 2 is 1.81 bits per heavy atom. The monoisotopic (exact) mass is 413 g/mol. The number of imidazole rings is 1. The Kier molecular flexibility index (Phi) is 6.03. The van der Waals surface area contributed by atoms with Crippen molar-refractivity contribution in [1.82, 2.24) is 14.9 Å². The van der Waals surface area contributed by atoms with Crippen molar-refractivity contribution in [2.75, 3.05) is 13.7 Å². The molecular weight excluding hydrogens is 386 g/mol. The van der Waals surface area contributed by atoms with Crippen LogP contribution in [-0.4, -0.2) is 29.1 Å². The average Bonchev–Trinajstić information content (AvgIpc) is 3.11. The fraction of sp³-hybridized carbons (Fsp3) is 0.231. The fourth-order valence-corrected chi connectivity index (χ4v) is 3.95. The summed E-state index contributed by atoms with van der Waals surface area (Å²) < 4.78 is 7.74. The third-order valence-corrected chi connectivity index (χ3v) is 5.52. The minimum atomic E-state index is -0.0510.